The number of thiazole rings is 1. The number of carbonyl (C=O) groups is 2. The Morgan fingerprint density at radius 2 is 1.94 bits per heavy atom. The van der Waals surface area contributed by atoms with Gasteiger partial charge >= 0.3 is 5.97 Å². The van der Waals surface area contributed by atoms with Gasteiger partial charge < -0.3 is 9.30 Å². The Morgan fingerprint density at radius 3 is 2.53 bits per heavy atom. The van der Waals surface area contributed by atoms with Crippen LogP contribution in [0, 0.1) is 10.1 Å². The quantitative estimate of drug-likeness (QED) is 0.244. The molecule has 3 rings (SSSR count). The normalized spacial score (nSPS) is 12.4. The molecule has 0 fully saturated rings. The van der Waals surface area contributed by atoms with Crippen LogP contribution in [-0.2, 0) is 30.9 Å². The molecule has 0 aliphatic heterocycles. The lowest BCUT2D eigenvalue weighted by Crippen LogP contribution is -2.22. The average molecular weight is 476 g/mol. The van der Waals surface area contributed by atoms with Crippen LogP contribution in [0.15, 0.2) is 58.4 Å². The predicted molar refractivity (Wildman–Crippen MR) is 116 cm³/mol. The highest BCUT2D eigenvalue weighted by Crippen LogP contribution is 2.21. The summed E-state index contributed by atoms with van der Waals surface area (Å²) >= 11 is 1.00. The van der Waals surface area contributed by atoms with Gasteiger partial charge in [0, 0.05) is 18.2 Å². The fourth-order valence-electron chi connectivity index (χ4n) is 2.67. The van der Waals surface area contributed by atoms with Crippen molar-refractivity contribution in [1.82, 2.24) is 4.57 Å². The van der Waals surface area contributed by atoms with Crippen molar-refractivity contribution in [3.8, 4) is 0 Å². The zero-order valence-electron chi connectivity index (χ0n) is 16.5. The summed E-state index contributed by atoms with van der Waals surface area (Å²) in [6, 6.07) is 9.66. The van der Waals surface area contributed by atoms with Gasteiger partial charge in [0.05, 0.1) is 27.1 Å². The molecule has 0 atom stereocenters. The first kappa shape index (κ1) is 23.0. The van der Waals surface area contributed by atoms with Gasteiger partial charge in [-0.3, -0.25) is 19.7 Å². The highest BCUT2D eigenvalue weighted by molar-refractivity contribution is 7.89. The number of nitrogens with zero attached hydrogens (tertiary/aromatic N) is 3. The van der Waals surface area contributed by atoms with Crippen LogP contribution in [0.2, 0.25) is 0 Å². The third-order valence-electron chi connectivity index (χ3n) is 4.23. The number of carbonyl (C=O) groups excluding carboxylic acids is 2. The molecule has 0 unspecified atom stereocenters. The van der Waals surface area contributed by atoms with E-state index in [9.17, 15) is 28.1 Å². The lowest BCUT2D eigenvalue weighted by molar-refractivity contribution is -0.384. The molecule has 166 valence electrons. The Bertz CT molecular complexity index is 1420. The number of benzene rings is 2. The molecule has 2 N–H and O–H groups in total. The maximum Gasteiger partial charge on any atom is 0.325 e. The summed E-state index contributed by atoms with van der Waals surface area (Å²) in [6.07, 6.45) is 2.61. The number of nitro benzene ring substituents is 1. The minimum Gasteiger partial charge on any atom is -0.468 e. The van der Waals surface area contributed by atoms with E-state index in [0.29, 0.717) is 15.8 Å². The highest BCUT2D eigenvalue weighted by Gasteiger charge is 2.15. The fourth-order valence-corrected chi connectivity index (χ4v) is 4.36. The fraction of sp³-hybridized carbons (Fsp3) is 0.105. The van der Waals surface area contributed by atoms with E-state index in [1.807, 2.05) is 0 Å². The van der Waals surface area contributed by atoms with E-state index in [0.717, 1.165) is 11.3 Å². The predicted octanol–water partition coefficient (Wildman–Crippen LogP) is 1.57. The van der Waals surface area contributed by atoms with E-state index in [4.69, 9.17) is 5.14 Å². The van der Waals surface area contributed by atoms with Gasteiger partial charge in [0.2, 0.25) is 10.0 Å². The van der Waals surface area contributed by atoms with Crippen molar-refractivity contribution in [1.29, 1.82) is 0 Å². The highest BCUT2D eigenvalue weighted by atomic mass is 32.2. The number of primary sulfonamides is 1. The summed E-state index contributed by atoms with van der Waals surface area (Å²) in [7, 11) is -2.73. The number of ether oxygens (including phenoxy) is 1. The Morgan fingerprint density at radius 1 is 1.25 bits per heavy atom. The molecule has 3 aromatic rings. The molecule has 0 aliphatic carbocycles. The van der Waals surface area contributed by atoms with Crippen LogP contribution in [0.3, 0.4) is 0 Å². The number of rotatable bonds is 6. The van der Waals surface area contributed by atoms with Gasteiger partial charge in [0.15, 0.2) is 4.80 Å². The molecular formula is C19H16N4O7S2. The van der Waals surface area contributed by atoms with Gasteiger partial charge in [-0.25, -0.2) is 13.6 Å². The standard InChI is InChI=1S/C19H16N4O7S2/c1-30-18(25)11-22-15-8-7-14(32(20,28)29)10-16(15)31-19(22)21-17(24)9-4-12-2-5-13(6-3-12)23(26)27/h2-10H,11H2,1H3,(H2,20,28,29)/b9-4-,21-19?. The molecule has 0 bridgehead atoms. The molecule has 1 heterocycles. The molecule has 11 nitrogen and oxygen atoms in total. The maximum absolute atomic E-state index is 12.4. The third-order valence-corrected chi connectivity index (χ3v) is 6.18. The Kier molecular flexibility index (Phi) is 6.62. The Labute approximate surface area is 185 Å². The minimum absolute atomic E-state index is 0.0776. The SMILES string of the molecule is COC(=O)Cn1c(=NC(=O)/C=C\c2ccc([N+](=O)[O-])cc2)sc2cc(S(N)(=O)=O)ccc21. The van der Waals surface area contributed by atoms with Gasteiger partial charge in [-0.2, -0.15) is 4.99 Å². The topological polar surface area (TPSA) is 164 Å². The lowest BCUT2D eigenvalue weighted by Gasteiger charge is -2.04. The van der Waals surface area contributed by atoms with Crippen LogP contribution >= 0.6 is 11.3 Å². The number of methoxy groups -OCH3 is 1. The summed E-state index contributed by atoms with van der Waals surface area (Å²) < 4.78 is 29.8. The molecule has 0 saturated carbocycles. The number of nitro groups is 1. The first-order chi connectivity index (χ1) is 15.1. The molecule has 1 amide bonds. The molecule has 1 aromatic heterocycles. The number of aromatic nitrogens is 1. The molecule has 2 aromatic carbocycles. The number of amides is 1. The Hall–Kier alpha value is -3.68. The molecule has 0 saturated heterocycles. The first-order valence-electron chi connectivity index (χ1n) is 8.83. The zero-order chi connectivity index (χ0) is 23.5. The van der Waals surface area contributed by atoms with Crippen LogP contribution in [-0.4, -0.2) is 36.9 Å². The molecule has 0 spiro atoms. The van der Waals surface area contributed by atoms with E-state index < -0.39 is 26.8 Å². The van der Waals surface area contributed by atoms with Gasteiger partial charge in [-0.05, 0) is 42.0 Å². The second-order valence-electron chi connectivity index (χ2n) is 6.35. The van der Waals surface area contributed by atoms with Crippen molar-refractivity contribution in [3.63, 3.8) is 0 Å². The summed E-state index contributed by atoms with van der Waals surface area (Å²) in [5, 5.41) is 15.9. The molecular weight excluding hydrogens is 460 g/mol. The number of non-ortho nitro benzene ring substituents is 1. The van der Waals surface area contributed by atoms with Crippen LogP contribution in [0.4, 0.5) is 5.69 Å². The lowest BCUT2D eigenvalue weighted by atomic mass is 10.2. The van der Waals surface area contributed by atoms with E-state index in [1.54, 1.807) is 0 Å². The number of esters is 1. The summed E-state index contributed by atoms with van der Waals surface area (Å²) in [5.41, 5.74) is 0.945. The number of hydrogen-bond acceptors (Lipinski definition) is 8. The zero-order valence-corrected chi connectivity index (χ0v) is 18.1. The average Bonchev–Trinajstić information content (AvgIpc) is 3.07. The largest absolute Gasteiger partial charge is 0.468 e. The summed E-state index contributed by atoms with van der Waals surface area (Å²) in [5.74, 6) is -1.24. The third kappa shape index (κ3) is 5.32. The van der Waals surface area contributed by atoms with Crippen LogP contribution < -0.4 is 9.94 Å². The number of nitrogens with two attached hydrogens (primary N) is 1. The van der Waals surface area contributed by atoms with Crippen molar-refractivity contribution < 1.29 is 27.7 Å². The van der Waals surface area contributed by atoms with Gasteiger partial charge in [0.1, 0.15) is 6.54 Å². The van der Waals surface area contributed by atoms with Crippen LogP contribution in [0.25, 0.3) is 16.3 Å². The van der Waals surface area contributed by atoms with Gasteiger partial charge in [0.25, 0.3) is 11.6 Å². The second-order valence-corrected chi connectivity index (χ2v) is 8.92. The van der Waals surface area contributed by atoms with Crippen molar-refractivity contribution in [3.05, 3.63) is 69.0 Å². The Balaban J connectivity index is 2.00. The van der Waals surface area contributed by atoms with Crippen molar-refractivity contribution in [2.75, 3.05) is 7.11 Å². The van der Waals surface area contributed by atoms with E-state index >= 15 is 0 Å². The second kappa shape index (κ2) is 9.21. The van der Waals surface area contributed by atoms with Crippen LogP contribution in [0.5, 0.6) is 0 Å². The minimum atomic E-state index is -3.94. The first-order valence-corrected chi connectivity index (χ1v) is 11.2. The monoisotopic (exact) mass is 476 g/mol. The summed E-state index contributed by atoms with van der Waals surface area (Å²) in [4.78, 5) is 38.4. The van der Waals surface area contributed by atoms with Crippen LogP contribution in [0.1, 0.15) is 5.56 Å². The van der Waals surface area contributed by atoms with Gasteiger partial charge in [-0.15, -0.1) is 0 Å². The maximum atomic E-state index is 12.4. The number of fused-ring (bicyclic) bond motifs is 1. The van der Waals surface area contributed by atoms with E-state index in [1.165, 1.54) is 66.3 Å². The van der Waals surface area contributed by atoms with Crippen molar-refractivity contribution in [2.45, 2.75) is 11.4 Å². The molecule has 32 heavy (non-hydrogen) atoms. The molecule has 0 radical (unpaired) electrons. The number of hydrogen-bond donors (Lipinski definition) is 1. The van der Waals surface area contributed by atoms with E-state index in [2.05, 4.69) is 9.73 Å². The summed E-state index contributed by atoms with van der Waals surface area (Å²) in [6.45, 7) is -0.247. The van der Waals surface area contributed by atoms with Crippen molar-refractivity contribution >= 4 is 55.2 Å². The smallest absolute Gasteiger partial charge is 0.325 e. The van der Waals surface area contributed by atoms with Gasteiger partial charge in [-0.1, -0.05) is 11.3 Å². The molecule has 0 aliphatic rings. The number of sulfonamides is 1. The molecule has 13 heteroatoms. The van der Waals surface area contributed by atoms with Crippen molar-refractivity contribution in [2.24, 2.45) is 10.1 Å². The van der Waals surface area contributed by atoms with E-state index in [-0.39, 0.29) is 21.9 Å².